The molecule has 0 amide bonds. The van der Waals surface area contributed by atoms with Crippen LogP contribution in [0.4, 0.5) is 0 Å². The monoisotopic (exact) mass is 287 g/mol. The third-order valence-corrected chi connectivity index (χ3v) is 4.56. The van der Waals surface area contributed by atoms with Gasteiger partial charge in [0, 0.05) is 13.2 Å². The number of aryl methyl sites for hydroxylation is 1. The zero-order chi connectivity index (χ0) is 14.0. The minimum Gasteiger partial charge on any atom is -0.381 e. The highest BCUT2D eigenvalue weighted by Gasteiger charge is 2.28. The van der Waals surface area contributed by atoms with E-state index in [0.717, 1.165) is 18.5 Å². The molecule has 6 nitrogen and oxygen atoms in total. The smallest absolute Gasteiger partial charge is 0.241 e. The van der Waals surface area contributed by atoms with Crippen LogP contribution in [-0.4, -0.2) is 31.4 Å². The molecule has 1 aromatic heterocycles. The van der Waals surface area contributed by atoms with Gasteiger partial charge in [-0.2, -0.15) is 5.10 Å². The Kier molecular flexibility index (Phi) is 4.27. The third-order valence-electron chi connectivity index (χ3n) is 3.52. The maximum absolute atomic E-state index is 11.8. The Hall–Kier alpha value is -0.920. The average molecular weight is 287 g/mol. The number of aromatic nitrogens is 2. The SMILES string of the molecule is CCc1nn(C2CCOCC2)c(CC)c1S(N)(=O)=O. The molecule has 1 aliphatic rings. The summed E-state index contributed by atoms with van der Waals surface area (Å²) in [6, 6.07) is 0.212. The molecule has 0 radical (unpaired) electrons. The maximum Gasteiger partial charge on any atom is 0.241 e. The predicted molar refractivity (Wildman–Crippen MR) is 71.4 cm³/mol. The molecule has 0 saturated carbocycles. The van der Waals surface area contributed by atoms with Crippen molar-refractivity contribution in [3.05, 3.63) is 11.4 Å². The van der Waals surface area contributed by atoms with Crippen LogP contribution >= 0.6 is 0 Å². The van der Waals surface area contributed by atoms with Gasteiger partial charge in [0.2, 0.25) is 10.0 Å². The molecule has 1 saturated heterocycles. The lowest BCUT2D eigenvalue weighted by Gasteiger charge is -2.24. The molecule has 0 bridgehead atoms. The van der Waals surface area contributed by atoms with E-state index < -0.39 is 10.0 Å². The van der Waals surface area contributed by atoms with Gasteiger partial charge in [-0.1, -0.05) is 13.8 Å². The van der Waals surface area contributed by atoms with E-state index in [9.17, 15) is 8.42 Å². The van der Waals surface area contributed by atoms with Gasteiger partial charge in [-0.25, -0.2) is 13.6 Å². The van der Waals surface area contributed by atoms with Crippen molar-refractivity contribution in [2.75, 3.05) is 13.2 Å². The van der Waals surface area contributed by atoms with E-state index in [1.54, 1.807) is 0 Å². The molecule has 0 aliphatic carbocycles. The van der Waals surface area contributed by atoms with Crippen molar-refractivity contribution in [1.29, 1.82) is 0 Å². The molecule has 19 heavy (non-hydrogen) atoms. The lowest BCUT2D eigenvalue weighted by molar-refractivity contribution is 0.0653. The molecule has 2 heterocycles. The molecule has 0 unspecified atom stereocenters. The fourth-order valence-corrected chi connectivity index (χ4v) is 3.70. The Morgan fingerprint density at radius 1 is 1.32 bits per heavy atom. The third kappa shape index (κ3) is 2.82. The molecule has 1 aliphatic heterocycles. The zero-order valence-electron chi connectivity index (χ0n) is 11.4. The van der Waals surface area contributed by atoms with E-state index in [-0.39, 0.29) is 10.9 Å². The number of hydrogen-bond acceptors (Lipinski definition) is 4. The van der Waals surface area contributed by atoms with Crippen molar-refractivity contribution in [2.45, 2.75) is 50.5 Å². The Balaban J connectivity index is 2.52. The van der Waals surface area contributed by atoms with Gasteiger partial charge >= 0.3 is 0 Å². The van der Waals surface area contributed by atoms with Crippen molar-refractivity contribution >= 4 is 10.0 Å². The first-order valence-corrected chi connectivity index (χ1v) is 8.24. The van der Waals surface area contributed by atoms with Gasteiger partial charge in [0.05, 0.1) is 17.4 Å². The number of ether oxygens (including phenoxy) is 1. The average Bonchev–Trinajstić information content (AvgIpc) is 2.78. The number of rotatable bonds is 4. The molecule has 108 valence electrons. The fourth-order valence-electron chi connectivity index (χ4n) is 2.62. The number of nitrogens with zero attached hydrogens (tertiary/aromatic N) is 2. The second kappa shape index (κ2) is 5.60. The first-order valence-electron chi connectivity index (χ1n) is 6.69. The Morgan fingerprint density at radius 3 is 2.42 bits per heavy atom. The molecule has 0 aromatic carbocycles. The van der Waals surface area contributed by atoms with Gasteiger partial charge < -0.3 is 4.74 Å². The molecule has 0 atom stereocenters. The summed E-state index contributed by atoms with van der Waals surface area (Å²) in [4.78, 5) is 0.226. The van der Waals surface area contributed by atoms with E-state index in [2.05, 4.69) is 5.10 Å². The molecule has 0 spiro atoms. The summed E-state index contributed by atoms with van der Waals surface area (Å²) in [6.07, 6.45) is 2.90. The van der Waals surface area contributed by atoms with Crippen molar-refractivity contribution in [3.63, 3.8) is 0 Å². The maximum atomic E-state index is 11.8. The van der Waals surface area contributed by atoms with E-state index in [1.165, 1.54) is 0 Å². The Bertz CT molecular complexity index is 545. The lowest BCUT2D eigenvalue weighted by Crippen LogP contribution is -2.23. The van der Waals surface area contributed by atoms with Gasteiger partial charge in [-0.05, 0) is 25.7 Å². The molecule has 2 rings (SSSR count). The van der Waals surface area contributed by atoms with Crippen LogP contribution < -0.4 is 5.14 Å². The largest absolute Gasteiger partial charge is 0.381 e. The number of primary sulfonamides is 1. The summed E-state index contributed by atoms with van der Waals surface area (Å²) in [5, 5.41) is 9.84. The molecule has 1 fully saturated rings. The highest BCUT2D eigenvalue weighted by molar-refractivity contribution is 7.89. The minimum absolute atomic E-state index is 0.212. The Morgan fingerprint density at radius 2 is 1.95 bits per heavy atom. The van der Waals surface area contributed by atoms with E-state index in [4.69, 9.17) is 9.88 Å². The van der Waals surface area contributed by atoms with E-state index in [1.807, 2.05) is 18.5 Å². The van der Waals surface area contributed by atoms with Gasteiger partial charge in [0.1, 0.15) is 4.90 Å². The molecule has 1 aromatic rings. The summed E-state index contributed by atoms with van der Waals surface area (Å²) >= 11 is 0. The minimum atomic E-state index is -3.72. The first kappa shape index (κ1) is 14.5. The van der Waals surface area contributed by atoms with Crippen LogP contribution in [0.1, 0.15) is 44.1 Å². The summed E-state index contributed by atoms with van der Waals surface area (Å²) in [5.74, 6) is 0. The van der Waals surface area contributed by atoms with Gasteiger partial charge in [-0.15, -0.1) is 0 Å². The summed E-state index contributed by atoms with van der Waals surface area (Å²) in [5.41, 5.74) is 1.30. The molecule has 7 heteroatoms. The number of hydrogen-bond donors (Lipinski definition) is 1. The zero-order valence-corrected chi connectivity index (χ0v) is 12.2. The number of sulfonamides is 1. The summed E-state index contributed by atoms with van der Waals surface area (Å²) in [7, 11) is -3.72. The summed E-state index contributed by atoms with van der Waals surface area (Å²) < 4.78 is 30.8. The lowest BCUT2D eigenvalue weighted by atomic mass is 10.1. The topological polar surface area (TPSA) is 87.2 Å². The van der Waals surface area contributed by atoms with Crippen LogP contribution in [0.3, 0.4) is 0 Å². The Labute approximate surface area is 114 Å². The molecular weight excluding hydrogens is 266 g/mol. The van der Waals surface area contributed by atoms with Crippen molar-refractivity contribution in [3.8, 4) is 0 Å². The molecule has 2 N–H and O–H groups in total. The van der Waals surface area contributed by atoms with Crippen LogP contribution in [-0.2, 0) is 27.6 Å². The molecular formula is C12H21N3O3S. The second-order valence-corrected chi connectivity index (χ2v) is 6.26. The van der Waals surface area contributed by atoms with Crippen LogP contribution in [0.25, 0.3) is 0 Å². The van der Waals surface area contributed by atoms with E-state index >= 15 is 0 Å². The van der Waals surface area contributed by atoms with Gasteiger partial charge in [-0.3, -0.25) is 4.68 Å². The van der Waals surface area contributed by atoms with Crippen LogP contribution in [0.2, 0.25) is 0 Å². The highest BCUT2D eigenvalue weighted by Crippen LogP contribution is 2.28. The van der Waals surface area contributed by atoms with Gasteiger partial charge in [0.15, 0.2) is 0 Å². The predicted octanol–water partition coefficient (Wildman–Crippen LogP) is 1.01. The van der Waals surface area contributed by atoms with Gasteiger partial charge in [0.25, 0.3) is 0 Å². The van der Waals surface area contributed by atoms with Crippen LogP contribution in [0, 0.1) is 0 Å². The highest BCUT2D eigenvalue weighted by atomic mass is 32.2. The first-order chi connectivity index (χ1) is 8.99. The van der Waals surface area contributed by atoms with Crippen LogP contribution in [0.15, 0.2) is 4.90 Å². The second-order valence-electron chi connectivity index (χ2n) is 4.76. The standard InChI is InChI=1S/C12H21N3O3S/c1-3-10-12(19(13,16)17)11(4-2)15(14-10)9-5-7-18-8-6-9/h9H,3-8H2,1-2H3,(H2,13,16,17). The van der Waals surface area contributed by atoms with E-state index in [0.29, 0.717) is 31.7 Å². The van der Waals surface area contributed by atoms with Crippen molar-refractivity contribution < 1.29 is 13.2 Å². The van der Waals surface area contributed by atoms with Crippen molar-refractivity contribution in [1.82, 2.24) is 9.78 Å². The van der Waals surface area contributed by atoms with Crippen LogP contribution in [0.5, 0.6) is 0 Å². The normalized spacial score (nSPS) is 17.8. The fraction of sp³-hybridized carbons (Fsp3) is 0.750. The van der Waals surface area contributed by atoms with Crippen molar-refractivity contribution in [2.24, 2.45) is 5.14 Å². The quantitative estimate of drug-likeness (QED) is 0.895. The number of nitrogens with two attached hydrogens (primary N) is 1. The summed E-state index contributed by atoms with van der Waals surface area (Å²) in [6.45, 7) is 5.21.